The molecule has 2 N–H and O–H groups in total. The second-order valence-electron chi connectivity index (χ2n) is 7.12. The summed E-state index contributed by atoms with van der Waals surface area (Å²) in [6.45, 7) is 6.15. The average molecular weight is 445 g/mol. The SMILES string of the molecule is Cc1ccc(NC(=O)c2nnc(COCC(=O)NC(c3cccs3)C(C)C)s2)cc1. The maximum Gasteiger partial charge on any atom is 0.286 e. The molecule has 0 aliphatic heterocycles. The highest BCUT2D eigenvalue weighted by Gasteiger charge is 2.19. The molecule has 30 heavy (non-hydrogen) atoms. The number of benzene rings is 1. The third-order valence-electron chi connectivity index (χ3n) is 4.26. The second-order valence-corrected chi connectivity index (χ2v) is 9.16. The molecule has 0 aliphatic carbocycles. The highest BCUT2D eigenvalue weighted by Crippen LogP contribution is 2.25. The summed E-state index contributed by atoms with van der Waals surface area (Å²) in [6, 6.07) is 11.4. The Morgan fingerprint density at radius 1 is 1.13 bits per heavy atom. The molecule has 0 saturated carbocycles. The van der Waals surface area contributed by atoms with E-state index in [2.05, 4.69) is 34.7 Å². The Bertz CT molecular complexity index is 969. The summed E-state index contributed by atoms with van der Waals surface area (Å²) in [5.74, 6) is -0.245. The lowest BCUT2D eigenvalue weighted by atomic mass is 10.0. The van der Waals surface area contributed by atoms with Crippen LogP contribution >= 0.6 is 22.7 Å². The first-order valence-electron chi connectivity index (χ1n) is 9.53. The van der Waals surface area contributed by atoms with E-state index in [1.54, 1.807) is 11.3 Å². The summed E-state index contributed by atoms with van der Waals surface area (Å²) in [4.78, 5) is 25.7. The molecule has 158 valence electrons. The predicted molar refractivity (Wildman–Crippen MR) is 119 cm³/mol. The third-order valence-corrected chi connectivity index (χ3v) is 6.11. The molecule has 0 spiro atoms. The normalized spacial score (nSPS) is 12.0. The lowest BCUT2D eigenvalue weighted by Gasteiger charge is -2.21. The number of aromatic nitrogens is 2. The Balaban J connectivity index is 1.46. The van der Waals surface area contributed by atoms with Crippen molar-refractivity contribution in [1.29, 1.82) is 0 Å². The number of rotatable bonds is 9. The van der Waals surface area contributed by atoms with Gasteiger partial charge in [0.05, 0.1) is 6.04 Å². The van der Waals surface area contributed by atoms with Crippen molar-refractivity contribution in [3.05, 3.63) is 62.2 Å². The maximum atomic E-state index is 12.3. The van der Waals surface area contributed by atoms with Crippen LogP contribution in [0.3, 0.4) is 0 Å². The van der Waals surface area contributed by atoms with Crippen LogP contribution in [0.15, 0.2) is 41.8 Å². The van der Waals surface area contributed by atoms with Crippen LogP contribution in [0.4, 0.5) is 5.69 Å². The van der Waals surface area contributed by atoms with Gasteiger partial charge in [-0.1, -0.05) is 48.9 Å². The van der Waals surface area contributed by atoms with E-state index in [0.29, 0.717) is 10.7 Å². The number of thiophene rings is 1. The van der Waals surface area contributed by atoms with Crippen LogP contribution in [0.5, 0.6) is 0 Å². The predicted octanol–water partition coefficient (Wildman–Crippen LogP) is 4.19. The van der Waals surface area contributed by atoms with Crippen molar-refractivity contribution in [2.24, 2.45) is 5.92 Å². The van der Waals surface area contributed by atoms with Gasteiger partial charge in [0.25, 0.3) is 5.91 Å². The Kier molecular flexibility index (Phi) is 7.67. The van der Waals surface area contributed by atoms with E-state index in [0.717, 1.165) is 21.8 Å². The number of carbonyl (C=O) groups excluding carboxylic acids is 2. The highest BCUT2D eigenvalue weighted by molar-refractivity contribution is 7.13. The van der Waals surface area contributed by atoms with Gasteiger partial charge >= 0.3 is 0 Å². The quantitative estimate of drug-likeness (QED) is 0.516. The van der Waals surface area contributed by atoms with Crippen molar-refractivity contribution in [3.63, 3.8) is 0 Å². The minimum Gasteiger partial charge on any atom is -0.364 e. The van der Waals surface area contributed by atoms with Gasteiger partial charge < -0.3 is 15.4 Å². The minimum absolute atomic E-state index is 0.0419. The van der Waals surface area contributed by atoms with Crippen molar-refractivity contribution < 1.29 is 14.3 Å². The van der Waals surface area contributed by atoms with Gasteiger partial charge in [-0.15, -0.1) is 21.5 Å². The van der Waals surface area contributed by atoms with Gasteiger partial charge in [-0.2, -0.15) is 0 Å². The molecule has 2 heterocycles. The van der Waals surface area contributed by atoms with Gasteiger partial charge in [-0.05, 0) is 36.4 Å². The molecule has 1 unspecified atom stereocenters. The number of nitrogens with zero attached hydrogens (tertiary/aromatic N) is 2. The number of carbonyl (C=O) groups is 2. The fraction of sp³-hybridized carbons (Fsp3) is 0.333. The van der Waals surface area contributed by atoms with Gasteiger partial charge in [-0.3, -0.25) is 9.59 Å². The maximum absolute atomic E-state index is 12.3. The zero-order valence-corrected chi connectivity index (χ0v) is 18.7. The Morgan fingerprint density at radius 2 is 1.90 bits per heavy atom. The largest absolute Gasteiger partial charge is 0.364 e. The first kappa shape index (κ1) is 22.1. The van der Waals surface area contributed by atoms with E-state index in [1.165, 1.54) is 0 Å². The summed E-state index contributed by atoms with van der Waals surface area (Å²) in [6.07, 6.45) is 0. The fourth-order valence-electron chi connectivity index (χ4n) is 2.71. The minimum atomic E-state index is -0.323. The molecular formula is C21H24N4O3S2. The zero-order valence-electron chi connectivity index (χ0n) is 17.0. The topological polar surface area (TPSA) is 93.2 Å². The number of nitrogens with one attached hydrogen (secondary N) is 2. The first-order valence-corrected chi connectivity index (χ1v) is 11.2. The smallest absolute Gasteiger partial charge is 0.286 e. The monoisotopic (exact) mass is 444 g/mol. The molecule has 1 atom stereocenters. The Labute approximate surface area is 183 Å². The lowest BCUT2D eigenvalue weighted by molar-refractivity contribution is -0.127. The number of anilines is 1. The van der Waals surface area contributed by atoms with Crippen molar-refractivity contribution in [2.75, 3.05) is 11.9 Å². The van der Waals surface area contributed by atoms with Gasteiger partial charge in [0, 0.05) is 10.6 Å². The Hall–Kier alpha value is -2.62. The van der Waals surface area contributed by atoms with E-state index in [-0.39, 0.29) is 42.0 Å². The van der Waals surface area contributed by atoms with Crippen LogP contribution < -0.4 is 10.6 Å². The van der Waals surface area contributed by atoms with Crippen molar-refractivity contribution >= 4 is 40.2 Å². The summed E-state index contributed by atoms with van der Waals surface area (Å²) in [5.41, 5.74) is 1.81. The molecule has 1 aromatic carbocycles. The summed E-state index contributed by atoms with van der Waals surface area (Å²) < 4.78 is 5.47. The van der Waals surface area contributed by atoms with Crippen molar-refractivity contribution in [2.45, 2.75) is 33.4 Å². The van der Waals surface area contributed by atoms with Crippen LogP contribution in [0.25, 0.3) is 0 Å². The average Bonchev–Trinajstić information content (AvgIpc) is 3.40. The number of aryl methyl sites for hydroxylation is 1. The molecule has 9 heteroatoms. The van der Waals surface area contributed by atoms with Gasteiger partial charge in [0.15, 0.2) is 0 Å². The number of ether oxygens (including phenoxy) is 1. The van der Waals surface area contributed by atoms with Crippen LogP contribution in [0.2, 0.25) is 0 Å². The molecule has 0 radical (unpaired) electrons. The third kappa shape index (κ3) is 6.19. The number of hydrogen-bond donors (Lipinski definition) is 2. The van der Waals surface area contributed by atoms with Gasteiger partial charge in [-0.25, -0.2) is 0 Å². The molecular weight excluding hydrogens is 420 g/mol. The lowest BCUT2D eigenvalue weighted by Crippen LogP contribution is -2.33. The van der Waals surface area contributed by atoms with Crippen molar-refractivity contribution in [1.82, 2.24) is 15.5 Å². The molecule has 0 bridgehead atoms. The van der Waals surface area contributed by atoms with Gasteiger partial charge in [0.2, 0.25) is 10.9 Å². The molecule has 2 amide bonds. The fourth-order valence-corrected chi connectivity index (χ4v) is 4.33. The van der Waals surface area contributed by atoms with E-state index in [9.17, 15) is 9.59 Å². The highest BCUT2D eigenvalue weighted by atomic mass is 32.1. The summed E-state index contributed by atoms with van der Waals surface area (Å²) >= 11 is 2.76. The summed E-state index contributed by atoms with van der Waals surface area (Å²) in [7, 11) is 0. The number of amides is 2. The van der Waals surface area contributed by atoms with E-state index in [1.807, 2.05) is 48.7 Å². The number of hydrogen-bond acceptors (Lipinski definition) is 7. The van der Waals surface area contributed by atoms with Gasteiger partial charge in [0.1, 0.15) is 18.2 Å². The molecule has 0 fully saturated rings. The molecule has 2 aromatic heterocycles. The van der Waals surface area contributed by atoms with Crippen LogP contribution in [0, 0.1) is 12.8 Å². The molecule has 7 nitrogen and oxygen atoms in total. The second kappa shape index (κ2) is 10.4. The Morgan fingerprint density at radius 3 is 2.57 bits per heavy atom. The van der Waals surface area contributed by atoms with Crippen LogP contribution in [-0.4, -0.2) is 28.6 Å². The summed E-state index contributed by atoms with van der Waals surface area (Å²) in [5, 5.41) is 16.5. The standard InChI is InChI=1S/C21H24N4O3S2/c1-13(2)19(16-5-4-10-29-16)23-17(26)11-28-12-18-24-25-21(30-18)20(27)22-15-8-6-14(3)7-9-15/h4-10,13,19H,11-12H2,1-3H3,(H,22,27)(H,23,26). The van der Waals surface area contributed by atoms with E-state index < -0.39 is 0 Å². The van der Waals surface area contributed by atoms with Crippen LogP contribution in [0.1, 0.15) is 45.1 Å². The van der Waals surface area contributed by atoms with Crippen molar-refractivity contribution in [3.8, 4) is 0 Å². The molecule has 3 rings (SSSR count). The molecule has 3 aromatic rings. The zero-order chi connectivity index (χ0) is 21.5. The molecule has 0 saturated heterocycles. The van der Waals surface area contributed by atoms with E-state index in [4.69, 9.17) is 4.74 Å². The first-order chi connectivity index (χ1) is 14.4. The van der Waals surface area contributed by atoms with E-state index >= 15 is 0 Å². The molecule has 0 aliphatic rings. The van der Waals surface area contributed by atoms with Crippen LogP contribution in [-0.2, 0) is 16.1 Å².